The molecular weight excluding hydrogens is 194 g/mol. The van der Waals surface area contributed by atoms with Crippen LogP contribution in [0.25, 0.3) is 0 Å². The Morgan fingerprint density at radius 2 is 2.00 bits per heavy atom. The summed E-state index contributed by atoms with van der Waals surface area (Å²) in [4.78, 5) is 12.5. The lowest BCUT2D eigenvalue weighted by molar-refractivity contribution is -0.132. The van der Waals surface area contributed by atoms with E-state index in [1.54, 1.807) is 0 Å². The summed E-state index contributed by atoms with van der Waals surface area (Å²) in [5.74, 6) is -0.900. The quantitative estimate of drug-likeness (QED) is 0.466. The summed E-state index contributed by atoms with van der Waals surface area (Å²) in [5.41, 5.74) is 0.281. The van der Waals surface area contributed by atoms with Crippen molar-refractivity contribution >= 4 is 5.97 Å². The molecule has 0 spiro atoms. The van der Waals surface area contributed by atoms with E-state index in [9.17, 15) is 4.79 Å². The molecule has 0 aromatic carbocycles. The van der Waals surface area contributed by atoms with Gasteiger partial charge in [0, 0.05) is 18.7 Å². The topological polar surface area (TPSA) is 49.8 Å². The summed E-state index contributed by atoms with van der Waals surface area (Å²) in [7, 11) is 4.00. The number of hydrogen-bond acceptors (Lipinski definition) is 3. The molecule has 0 atom stereocenters. The Balaban J connectivity index is 3.18. The Kier molecular flexibility index (Phi) is 7.95. The van der Waals surface area contributed by atoms with Crippen LogP contribution in [0, 0.1) is 0 Å². The van der Waals surface area contributed by atoms with Gasteiger partial charge < -0.3 is 14.7 Å². The number of unbranched alkanes of at least 4 members (excludes halogenated alkanes) is 1. The number of nitrogens with zero attached hydrogens (tertiary/aromatic N) is 1. The maximum Gasteiger partial charge on any atom is 0.330 e. The molecule has 4 heteroatoms. The summed E-state index contributed by atoms with van der Waals surface area (Å²) in [6.07, 6.45) is 2.26. The number of likely N-dealkylation sites (N-methyl/N-ethyl adjacent to an activating group) is 1. The molecule has 1 N–H and O–H groups in total. The van der Waals surface area contributed by atoms with E-state index in [4.69, 9.17) is 9.84 Å². The van der Waals surface area contributed by atoms with Crippen molar-refractivity contribution in [3.8, 4) is 0 Å². The molecule has 0 aromatic heterocycles. The molecule has 0 saturated carbocycles. The number of ether oxygens (including phenoxy) is 1. The van der Waals surface area contributed by atoms with Gasteiger partial charge >= 0.3 is 5.97 Å². The van der Waals surface area contributed by atoms with Gasteiger partial charge in [0.05, 0.1) is 6.61 Å². The summed E-state index contributed by atoms with van der Waals surface area (Å²) >= 11 is 0. The summed E-state index contributed by atoms with van der Waals surface area (Å²) < 4.78 is 5.37. The smallest absolute Gasteiger partial charge is 0.330 e. The van der Waals surface area contributed by atoms with Crippen molar-refractivity contribution in [2.45, 2.75) is 19.3 Å². The minimum atomic E-state index is -0.900. The highest BCUT2D eigenvalue weighted by molar-refractivity contribution is 5.85. The van der Waals surface area contributed by atoms with Gasteiger partial charge in [-0.3, -0.25) is 0 Å². The van der Waals surface area contributed by atoms with Crippen molar-refractivity contribution in [3.05, 3.63) is 12.2 Å². The summed E-state index contributed by atoms with van der Waals surface area (Å²) in [5, 5.41) is 8.55. The Labute approximate surface area is 91.5 Å². The number of carboxylic acid groups (broad SMARTS) is 1. The molecule has 0 amide bonds. The number of aliphatic carboxylic acids is 1. The van der Waals surface area contributed by atoms with Gasteiger partial charge in [-0.25, -0.2) is 4.79 Å². The van der Waals surface area contributed by atoms with Crippen LogP contribution >= 0.6 is 0 Å². The van der Waals surface area contributed by atoms with E-state index in [0.717, 1.165) is 26.0 Å². The maximum absolute atomic E-state index is 10.4. The molecule has 0 unspecified atom stereocenters. The van der Waals surface area contributed by atoms with Crippen LogP contribution in [-0.2, 0) is 9.53 Å². The molecule has 0 rings (SSSR count). The largest absolute Gasteiger partial charge is 0.478 e. The Morgan fingerprint density at radius 1 is 1.33 bits per heavy atom. The van der Waals surface area contributed by atoms with Crippen molar-refractivity contribution in [3.63, 3.8) is 0 Å². The van der Waals surface area contributed by atoms with Crippen LogP contribution in [-0.4, -0.2) is 49.8 Å². The van der Waals surface area contributed by atoms with Crippen LogP contribution in [0.4, 0.5) is 0 Å². The van der Waals surface area contributed by atoms with Gasteiger partial charge in [-0.05, 0) is 33.4 Å². The highest BCUT2D eigenvalue weighted by atomic mass is 16.5. The van der Waals surface area contributed by atoms with Crippen LogP contribution in [0.1, 0.15) is 19.3 Å². The zero-order valence-corrected chi connectivity index (χ0v) is 9.66. The molecule has 0 aromatic rings. The Morgan fingerprint density at radius 3 is 2.53 bits per heavy atom. The van der Waals surface area contributed by atoms with Crippen LogP contribution in [0.2, 0.25) is 0 Å². The fourth-order valence-corrected chi connectivity index (χ4v) is 0.999. The lowest BCUT2D eigenvalue weighted by atomic mass is 10.1. The van der Waals surface area contributed by atoms with Crippen molar-refractivity contribution in [2.75, 3.05) is 33.9 Å². The lowest BCUT2D eigenvalue weighted by Gasteiger charge is -2.09. The minimum Gasteiger partial charge on any atom is -0.478 e. The van der Waals surface area contributed by atoms with Gasteiger partial charge in [0.1, 0.15) is 0 Å². The van der Waals surface area contributed by atoms with Gasteiger partial charge in [-0.2, -0.15) is 0 Å². The standard InChI is InChI=1S/C11H21NO3/c1-10(11(13)14)6-4-5-8-15-9-7-12(2)3/h1,4-9H2,2-3H3,(H,13,14). The second kappa shape index (κ2) is 8.44. The molecule has 0 aliphatic carbocycles. The van der Waals surface area contributed by atoms with Crippen LogP contribution in [0.3, 0.4) is 0 Å². The van der Waals surface area contributed by atoms with Gasteiger partial charge in [0.25, 0.3) is 0 Å². The predicted molar refractivity (Wildman–Crippen MR) is 60.0 cm³/mol. The third-order valence-electron chi connectivity index (χ3n) is 2.00. The van der Waals surface area contributed by atoms with Crippen molar-refractivity contribution in [2.24, 2.45) is 0 Å². The zero-order valence-electron chi connectivity index (χ0n) is 9.66. The minimum absolute atomic E-state index is 0.281. The van der Waals surface area contributed by atoms with Crippen molar-refractivity contribution in [1.29, 1.82) is 0 Å². The first kappa shape index (κ1) is 14.1. The number of carboxylic acids is 1. The van der Waals surface area contributed by atoms with Gasteiger partial charge in [0.15, 0.2) is 0 Å². The molecule has 0 aliphatic rings. The molecule has 88 valence electrons. The third kappa shape index (κ3) is 9.43. The van der Waals surface area contributed by atoms with Crippen molar-refractivity contribution < 1.29 is 14.6 Å². The van der Waals surface area contributed by atoms with Crippen LogP contribution in [0.15, 0.2) is 12.2 Å². The monoisotopic (exact) mass is 215 g/mol. The first-order valence-electron chi connectivity index (χ1n) is 5.17. The molecule has 0 radical (unpaired) electrons. The molecule has 0 bridgehead atoms. The molecule has 0 fully saturated rings. The molecule has 15 heavy (non-hydrogen) atoms. The molecular formula is C11H21NO3. The lowest BCUT2D eigenvalue weighted by Crippen LogP contribution is -2.18. The first-order valence-corrected chi connectivity index (χ1v) is 5.17. The highest BCUT2D eigenvalue weighted by Crippen LogP contribution is 2.05. The normalized spacial score (nSPS) is 10.6. The fourth-order valence-electron chi connectivity index (χ4n) is 0.999. The third-order valence-corrected chi connectivity index (χ3v) is 2.00. The molecule has 0 heterocycles. The summed E-state index contributed by atoms with van der Waals surface area (Å²) in [6.45, 7) is 5.81. The maximum atomic E-state index is 10.4. The van der Waals surface area contributed by atoms with E-state index in [1.807, 2.05) is 14.1 Å². The van der Waals surface area contributed by atoms with Gasteiger partial charge in [-0.15, -0.1) is 0 Å². The predicted octanol–water partition coefficient (Wildman–Crippen LogP) is 1.38. The fraction of sp³-hybridized carbons (Fsp3) is 0.727. The average molecular weight is 215 g/mol. The Hall–Kier alpha value is -0.870. The van der Waals surface area contributed by atoms with E-state index >= 15 is 0 Å². The Bertz CT molecular complexity index is 202. The SMILES string of the molecule is C=C(CCCCOCCN(C)C)C(=O)O. The highest BCUT2D eigenvalue weighted by Gasteiger charge is 2.02. The molecule has 0 aliphatic heterocycles. The van der Waals surface area contributed by atoms with E-state index in [1.165, 1.54) is 0 Å². The van der Waals surface area contributed by atoms with E-state index in [-0.39, 0.29) is 5.57 Å². The van der Waals surface area contributed by atoms with Gasteiger partial charge in [0.2, 0.25) is 0 Å². The van der Waals surface area contributed by atoms with Crippen molar-refractivity contribution in [1.82, 2.24) is 4.90 Å². The van der Waals surface area contributed by atoms with Crippen LogP contribution < -0.4 is 0 Å². The second-order valence-electron chi connectivity index (χ2n) is 3.78. The van der Waals surface area contributed by atoms with E-state index in [0.29, 0.717) is 13.0 Å². The van der Waals surface area contributed by atoms with Crippen LogP contribution in [0.5, 0.6) is 0 Å². The van der Waals surface area contributed by atoms with E-state index < -0.39 is 5.97 Å². The zero-order chi connectivity index (χ0) is 11.7. The first-order chi connectivity index (χ1) is 7.04. The van der Waals surface area contributed by atoms with Gasteiger partial charge in [-0.1, -0.05) is 6.58 Å². The average Bonchev–Trinajstić information content (AvgIpc) is 2.15. The number of rotatable bonds is 9. The number of carbonyl (C=O) groups is 1. The molecule has 0 saturated heterocycles. The second-order valence-corrected chi connectivity index (χ2v) is 3.78. The molecule has 4 nitrogen and oxygen atoms in total. The number of hydrogen-bond donors (Lipinski definition) is 1. The van der Waals surface area contributed by atoms with E-state index in [2.05, 4.69) is 11.5 Å². The summed E-state index contributed by atoms with van der Waals surface area (Å²) in [6, 6.07) is 0.